The van der Waals surface area contributed by atoms with Crippen molar-refractivity contribution in [1.29, 1.82) is 0 Å². The summed E-state index contributed by atoms with van der Waals surface area (Å²) < 4.78 is 5.33. The van der Waals surface area contributed by atoms with Gasteiger partial charge < -0.3 is 4.74 Å². The van der Waals surface area contributed by atoms with Gasteiger partial charge in [-0.3, -0.25) is 9.80 Å². The SMILES string of the molecule is COCC1CCCN1C1CCN(C(C)C)C1. The fourth-order valence-electron chi connectivity index (χ4n) is 3.22. The van der Waals surface area contributed by atoms with Crippen molar-refractivity contribution >= 4 is 0 Å². The maximum Gasteiger partial charge on any atom is 0.0618 e. The Morgan fingerprint density at radius 2 is 2.06 bits per heavy atom. The summed E-state index contributed by atoms with van der Waals surface area (Å²) in [5.41, 5.74) is 0. The minimum absolute atomic E-state index is 0.683. The Morgan fingerprint density at radius 1 is 1.25 bits per heavy atom. The molecular weight excluding hydrogens is 200 g/mol. The van der Waals surface area contributed by atoms with E-state index in [4.69, 9.17) is 4.74 Å². The smallest absolute Gasteiger partial charge is 0.0618 e. The molecule has 0 amide bonds. The highest BCUT2D eigenvalue weighted by Crippen LogP contribution is 2.26. The van der Waals surface area contributed by atoms with E-state index in [0.717, 1.165) is 12.6 Å². The average Bonchev–Trinajstić information content (AvgIpc) is 2.84. The van der Waals surface area contributed by atoms with Crippen LogP contribution in [0, 0.1) is 0 Å². The van der Waals surface area contributed by atoms with Gasteiger partial charge in [-0.05, 0) is 39.7 Å². The molecule has 0 saturated carbocycles. The highest BCUT2D eigenvalue weighted by Gasteiger charge is 2.35. The van der Waals surface area contributed by atoms with Gasteiger partial charge in [0, 0.05) is 38.3 Å². The van der Waals surface area contributed by atoms with Crippen LogP contribution in [0.3, 0.4) is 0 Å². The van der Waals surface area contributed by atoms with Crippen molar-refractivity contribution in [2.45, 2.75) is 51.2 Å². The summed E-state index contributed by atoms with van der Waals surface area (Å²) in [6.45, 7) is 9.34. The first kappa shape index (κ1) is 12.3. The lowest BCUT2D eigenvalue weighted by molar-refractivity contribution is 0.0888. The maximum absolute atomic E-state index is 5.33. The minimum Gasteiger partial charge on any atom is -0.383 e. The average molecular weight is 226 g/mol. The zero-order valence-electron chi connectivity index (χ0n) is 11.0. The van der Waals surface area contributed by atoms with Crippen LogP contribution < -0.4 is 0 Å². The van der Waals surface area contributed by atoms with Crippen LogP contribution in [0.4, 0.5) is 0 Å². The fraction of sp³-hybridized carbons (Fsp3) is 1.00. The number of likely N-dealkylation sites (tertiary alicyclic amines) is 2. The van der Waals surface area contributed by atoms with Crippen LogP contribution in [0.15, 0.2) is 0 Å². The van der Waals surface area contributed by atoms with Gasteiger partial charge in [-0.2, -0.15) is 0 Å². The molecule has 0 N–H and O–H groups in total. The molecule has 2 fully saturated rings. The molecule has 0 aromatic carbocycles. The number of hydrogen-bond donors (Lipinski definition) is 0. The first-order valence-electron chi connectivity index (χ1n) is 6.71. The van der Waals surface area contributed by atoms with Crippen LogP contribution in [0.1, 0.15) is 33.1 Å². The second kappa shape index (κ2) is 5.48. The Kier molecular flexibility index (Phi) is 4.22. The Morgan fingerprint density at radius 3 is 2.69 bits per heavy atom. The molecule has 2 aliphatic rings. The van der Waals surface area contributed by atoms with Gasteiger partial charge in [0.1, 0.15) is 0 Å². The van der Waals surface area contributed by atoms with Gasteiger partial charge in [0.2, 0.25) is 0 Å². The lowest BCUT2D eigenvalue weighted by atomic mass is 10.2. The molecule has 2 unspecified atom stereocenters. The van der Waals surface area contributed by atoms with Crippen LogP contribution in [0.2, 0.25) is 0 Å². The minimum atomic E-state index is 0.683. The van der Waals surface area contributed by atoms with E-state index >= 15 is 0 Å². The second-order valence-corrected chi connectivity index (χ2v) is 5.52. The Hall–Kier alpha value is -0.120. The monoisotopic (exact) mass is 226 g/mol. The quantitative estimate of drug-likeness (QED) is 0.724. The molecule has 2 atom stereocenters. The van der Waals surface area contributed by atoms with Crippen molar-refractivity contribution in [3.63, 3.8) is 0 Å². The van der Waals surface area contributed by atoms with E-state index in [9.17, 15) is 0 Å². The van der Waals surface area contributed by atoms with E-state index in [2.05, 4.69) is 23.6 Å². The highest BCUT2D eigenvalue weighted by molar-refractivity contribution is 4.91. The van der Waals surface area contributed by atoms with E-state index < -0.39 is 0 Å². The zero-order valence-corrected chi connectivity index (χ0v) is 11.0. The van der Waals surface area contributed by atoms with Gasteiger partial charge in [0.15, 0.2) is 0 Å². The van der Waals surface area contributed by atoms with Crippen molar-refractivity contribution in [2.24, 2.45) is 0 Å². The number of hydrogen-bond acceptors (Lipinski definition) is 3. The Labute approximate surface area is 99.7 Å². The second-order valence-electron chi connectivity index (χ2n) is 5.52. The van der Waals surface area contributed by atoms with E-state index in [-0.39, 0.29) is 0 Å². The van der Waals surface area contributed by atoms with Gasteiger partial charge >= 0.3 is 0 Å². The molecule has 0 radical (unpaired) electrons. The van der Waals surface area contributed by atoms with E-state index in [1.165, 1.54) is 38.9 Å². The summed E-state index contributed by atoms with van der Waals surface area (Å²) in [4.78, 5) is 5.30. The fourth-order valence-corrected chi connectivity index (χ4v) is 3.22. The van der Waals surface area contributed by atoms with E-state index in [1.807, 2.05) is 7.11 Å². The molecule has 0 spiro atoms. The Balaban J connectivity index is 1.88. The molecule has 0 aliphatic carbocycles. The van der Waals surface area contributed by atoms with Crippen LogP contribution >= 0.6 is 0 Å². The summed E-state index contributed by atoms with van der Waals surface area (Å²) in [5.74, 6) is 0. The topological polar surface area (TPSA) is 15.7 Å². The summed E-state index contributed by atoms with van der Waals surface area (Å²) in [6, 6.07) is 2.17. The highest BCUT2D eigenvalue weighted by atomic mass is 16.5. The normalized spacial score (nSPS) is 33.0. The number of methoxy groups -OCH3 is 1. The van der Waals surface area contributed by atoms with Crippen LogP contribution in [-0.2, 0) is 4.74 Å². The predicted octanol–water partition coefficient (Wildman–Crippen LogP) is 1.58. The molecule has 16 heavy (non-hydrogen) atoms. The molecule has 94 valence electrons. The molecular formula is C13H26N2O. The molecule has 0 bridgehead atoms. The van der Waals surface area contributed by atoms with Crippen molar-refractivity contribution < 1.29 is 4.74 Å². The van der Waals surface area contributed by atoms with Crippen LogP contribution in [0.25, 0.3) is 0 Å². The van der Waals surface area contributed by atoms with Crippen molar-refractivity contribution in [2.75, 3.05) is 33.4 Å². The van der Waals surface area contributed by atoms with Gasteiger partial charge in [-0.25, -0.2) is 0 Å². The predicted molar refractivity (Wildman–Crippen MR) is 66.7 cm³/mol. The van der Waals surface area contributed by atoms with Gasteiger partial charge in [-0.15, -0.1) is 0 Å². The standard InChI is InChI=1S/C13H26N2O/c1-11(2)14-8-6-12(9-14)15-7-4-5-13(15)10-16-3/h11-13H,4-10H2,1-3H3. The number of ether oxygens (including phenoxy) is 1. The van der Waals surface area contributed by atoms with Crippen LogP contribution in [-0.4, -0.2) is 61.3 Å². The third-order valence-corrected chi connectivity index (χ3v) is 4.18. The van der Waals surface area contributed by atoms with Crippen molar-refractivity contribution in [3.8, 4) is 0 Å². The molecule has 3 nitrogen and oxygen atoms in total. The van der Waals surface area contributed by atoms with Gasteiger partial charge in [0.25, 0.3) is 0 Å². The third kappa shape index (κ3) is 2.58. The summed E-state index contributed by atoms with van der Waals surface area (Å²) >= 11 is 0. The van der Waals surface area contributed by atoms with Gasteiger partial charge in [0.05, 0.1) is 6.61 Å². The van der Waals surface area contributed by atoms with Gasteiger partial charge in [-0.1, -0.05) is 0 Å². The largest absolute Gasteiger partial charge is 0.383 e. The van der Waals surface area contributed by atoms with Crippen molar-refractivity contribution in [1.82, 2.24) is 9.80 Å². The van der Waals surface area contributed by atoms with E-state index in [0.29, 0.717) is 12.1 Å². The molecule has 0 aromatic heterocycles. The first-order valence-corrected chi connectivity index (χ1v) is 6.71. The summed E-state index contributed by atoms with van der Waals surface area (Å²) in [7, 11) is 1.82. The van der Waals surface area contributed by atoms with Crippen molar-refractivity contribution in [3.05, 3.63) is 0 Å². The zero-order chi connectivity index (χ0) is 11.5. The third-order valence-electron chi connectivity index (χ3n) is 4.18. The first-order chi connectivity index (χ1) is 7.72. The lowest BCUT2D eigenvalue weighted by Gasteiger charge is -2.30. The molecule has 0 aromatic rings. The molecule has 3 heteroatoms. The number of rotatable bonds is 4. The number of nitrogens with zero attached hydrogens (tertiary/aromatic N) is 2. The molecule has 2 aliphatic heterocycles. The molecule has 2 saturated heterocycles. The summed E-state index contributed by atoms with van der Waals surface area (Å²) in [6.07, 6.45) is 4.02. The molecule has 2 heterocycles. The Bertz CT molecular complexity index is 220. The van der Waals surface area contributed by atoms with E-state index in [1.54, 1.807) is 0 Å². The van der Waals surface area contributed by atoms with Crippen LogP contribution in [0.5, 0.6) is 0 Å². The molecule has 2 rings (SSSR count). The maximum atomic E-state index is 5.33. The lowest BCUT2D eigenvalue weighted by Crippen LogP contribution is -2.43. The summed E-state index contributed by atoms with van der Waals surface area (Å²) in [5, 5.41) is 0.